The summed E-state index contributed by atoms with van der Waals surface area (Å²) in [5, 5.41) is 14.2. The Morgan fingerprint density at radius 2 is 1.00 bits per heavy atom. The van der Waals surface area contributed by atoms with Gasteiger partial charge >= 0.3 is 24.3 Å². The average Bonchev–Trinajstić information content (AvgIpc) is 2.98. The minimum Gasteiger partial charge on any atom is -0.475 e. The van der Waals surface area contributed by atoms with Gasteiger partial charge in [0.15, 0.2) is 0 Å². The quantitative estimate of drug-likeness (QED) is 0.199. The summed E-state index contributed by atoms with van der Waals surface area (Å²) >= 11 is 0. The molecule has 6 atom stereocenters. The summed E-state index contributed by atoms with van der Waals surface area (Å²) in [7, 11) is 0. The van der Waals surface area contributed by atoms with Gasteiger partial charge in [0.2, 0.25) is 0 Å². The first-order valence-corrected chi connectivity index (χ1v) is 17.1. The molecular weight excluding hydrogens is 614 g/mol. The first kappa shape index (κ1) is 40.1. The number of hydrogen-bond acceptors (Lipinski definition) is 4. The highest BCUT2D eigenvalue weighted by Gasteiger charge is 2.40. The van der Waals surface area contributed by atoms with Gasteiger partial charge in [-0.2, -0.15) is 26.3 Å². The molecule has 0 aromatic carbocycles. The van der Waals surface area contributed by atoms with Gasteiger partial charge in [-0.3, -0.25) is 0 Å². The minimum atomic E-state index is -5.08. The number of halogens is 6. The van der Waals surface area contributed by atoms with Crippen molar-refractivity contribution in [1.82, 2.24) is 9.80 Å². The summed E-state index contributed by atoms with van der Waals surface area (Å²) in [5.74, 6) is -1.72. The molecule has 2 N–H and O–H groups in total. The van der Waals surface area contributed by atoms with E-state index in [-0.39, 0.29) is 0 Å². The molecule has 6 nitrogen and oxygen atoms in total. The van der Waals surface area contributed by atoms with Crippen LogP contribution in [0.1, 0.15) is 103 Å². The van der Waals surface area contributed by atoms with E-state index in [1.165, 1.54) is 142 Å². The smallest absolute Gasteiger partial charge is 0.475 e. The lowest BCUT2D eigenvalue weighted by molar-refractivity contribution is -0.193. The third-order valence-electron chi connectivity index (χ3n) is 9.58. The van der Waals surface area contributed by atoms with E-state index in [1.807, 2.05) is 0 Å². The Morgan fingerprint density at radius 3 is 1.54 bits per heavy atom. The fraction of sp³-hybridized carbons (Fsp3) is 0.824. The predicted molar refractivity (Wildman–Crippen MR) is 166 cm³/mol. The van der Waals surface area contributed by atoms with Gasteiger partial charge < -0.3 is 20.0 Å². The Balaban J connectivity index is 0.000000440. The SMILES string of the molecule is C1=C\CC[C@H]2C[C@@H]3CN(CCCCCC/C=C\CC[C@H]4CN(CCCCCC/1)CC[C@H]34)C2.O=C(O)C(F)(F)F.O=C(O)C(F)(F)F. The molecule has 0 spiro atoms. The number of aliphatic carboxylic acids is 2. The molecule has 2 saturated heterocycles. The van der Waals surface area contributed by atoms with Crippen molar-refractivity contribution in [1.29, 1.82) is 0 Å². The third kappa shape index (κ3) is 16.7. The summed E-state index contributed by atoms with van der Waals surface area (Å²) in [6.07, 6.45) is 22.3. The number of fused-ring (bicyclic) bond motifs is 10. The molecule has 0 aliphatic carbocycles. The van der Waals surface area contributed by atoms with E-state index < -0.39 is 24.3 Å². The zero-order valence-corrected chi connectivity index (χ0v) is 27.0. The average molecular weight is 669 g/mol. The number of allylic oxidation sites excluding steroid dienone is 4. The van der Waals surface area contributed by atoms with Crippen LogP contribution in [0, 0.1) is 23.7 Å². The fourth-order valence-electron chi connectivity index (χ4n) is 7.32. The Labute approximate surface area is 270 Å². The maximum Gasteiger partial charge on any atom is 0.490 e. The number of rotatable bonds is 0. The fourth-order valence-corrected chi connectivity index (χ4v) is 7.32. The molecule has 266 valence electrons. The summed E-state index contributed by atoms with van der Waals surface area (Å²) in [6.45, 7) is 8.27. The molecule has 5 rings (SSSR count). The van der Waals surface area contributed by atoms with Crippen molar-refractivity contribution in [3.05, 3.63) is 24.3 Å². The Morgan fingerprint density at radius 1 is 0.543 bits per heavy atom. The van der Waals surface area contributed by atoms with Gasteiger partial charge in [0.25, 0.3) is 0 Å². The van der Waals surface area contributed by atoms with Crippen molar-refractivity contribution >= 4 is 11.9 Å². The first-order valence-electron chi connectivity index (χ1n) is 17.1. The van der Waals surface area contributed by atoms with Gasteiger partial charge in [0.1, 0.15) is 0 Å². The van der Waals surface area contributed by atoms with Gasteiger partial charge in [0.05, 0.1) is 0 Å². The number of nitrogens with zero attached hydrogens (tertiary/aromatic N) is 2. The van der Waals surface area contributed by atoms with Gasteiger partial charge in [-0.25, -0.2) is 9.59 Å². The van der Waals surface area contributed by atoms with Crippen LogP contribution in [0.5, 0.6) is 0 Å². The zero-order chi connectivity index (χ0) is 34.0. The first-order chi connectivity index (χ1) is 21.8. The van der Waals surface area contributed by atoms with Gasteiger partial charge in [-0.05, 0) is 120 Å². The van der Waals surface area contributed by atoms with E-state index in [2.05, 4.69) is 34.1 Å². The number of alkyl halides is 6. The van der Waals surface area contributed by atoms with Crippen LogP contribution in [0.25, 0.3) is 0 Å². The van der Waals surface area contributed by atoms with E-state index >= 15 is 0 Å². The minimum absolute atomic E-state index is 0.930. The molecule has 2 fully saturated rings. The van der Waals surface area contributed by atoms with E-state index in [0.29, 0.717) is 0 Å². The highest BCUT2D eigenvalue weighted by atomic mass is 19.4. The highest BCUT2D eigenvalue weighted by molar-refractivity contribution is 5.73. The van der Waals surface area contributed by atoms with Gasteiger partial charge in [0, 0.05) is 19.6 Å². The highest BCUT2D eigenvalue weighted by Crippen LogP contribution is 2.40. The lowest BCUT2D eigenvalue weighted by Crippen LogP contribution is -2.49. The van der Waals surface area contributed by atoms with Crippen LogP contribution in [0.4, 0.5) is 26.3 Å². The number of carboxylic acid groups (broad SMARTS) is 2. The third-order valence-corrected chi connectivity index (χ3v) is 9.58. The van der Waals surface area contributed by atoms with Crippen molar-refractivity contribution in [2.24, 2.45) is 23.7 Å². The van der Waals surface area contributed by atoms with E-state index in [1.54, 1.807) is 0 Å². The molecule has 6 bridgehead atoms. The van der Waals surface area contributed by atoms with Crippen LogP contribution in [0.15, 0.2) is 24.3 Å². The second-order valence-electron chi connectivity index (χ2n) is 13.2. The molecule has 5 heterocycles. The van der Waals surface area contributed by atoms with Crippen molar-refractivity contribution in [3.63, 3.8) is 0 Å². The largest absolute Gasteiger partial charge is 0.490 e. The standard InChI is InChI=1S/C30H52N2.2C2HF3O2/c1-3-7-11-15-20-31-22-19-30-28(25-31)18-14-10-6-2-4-8-12-16-21-32-24-27(17-13-9-5-1)23-29(30)26-32;2*3-2(4,5)1(6)7/h5-6,9-10,27-30H,1-4,7-8,11-26H2;2*(H,6,7)/b9-5-,10-6-;;/t27-,28-,29+,30-;;/m0../s1. The van der Waals surface area contributed by atoms with Crippen molar-refractivity contribution < 1.29 is 46.1 Å². The maximum atomic E-state index is 10.6. The molecule has 5 aliphatic rings. The predicted octanol–water partition coefficient (Wildman–Crippen LogP) is 8.73. The van der Waals surface area contributed by atoms with Crippen LogP contribution in [0.2, 0.25) is 0 Å². The summed E-state index contributed by atoms with van der Waals surface area (Å²) in [6, 6.07) is 0. The topological polar surface area (TPSA) is 81.1 Å². The number of carboxylic acids is 2. The van der Waals surface area contributed by atoms with E-state index in [9.17, 15) is 26.3 Å². The second-order valence-corrected chi connectivity index (χ2v) is 13.2. The monoisotopic (exact) mass is 668 g/mol. The Bertz CT molecular complexity index is 916. The Hall–Kier alpha value is -2.08. The van der Waals surface area contributed by atoms with Crippen molar-refractivity contribution in [2.75, 3.05) is 39.3 Å². The summed E-state index contributed by atoms with van der Waals surface area (Å²) in [5.41, 5.74) is 0. The molecule has 2 unspecified atom stereocenters. The molecule has 0 amide bonds. The van der Waals surface area contributed by atoms with Gasteiger partial charge in [-0.1, -0.05) is 50.0 Å². The number of hydrogen-bond donors (Lipinski definition) is 2. The van der Waals surface area contributed by atoms with E-state index in [4.69, 9.17) is 19.8 Å². The number of carbonyl (C=O) groups is 2. The Kier molecular flexibility index (Phi) is 18.3. The molecule has 0 radical (unpaired) electrons. The van der Waals surface area contributed by atoms with Crippen molar-refractivity contribution in [2.45, 2.75) is 115 Å². The zero-order valence-electron chi connectivity index (χ0n) is 27.0. The molecule has 12 heteroatoms. The van der Waals surface area contributed by atoms with Crippen LogP contribution in [-0.4, -0.2) is 83.6 Å². The van der Waals surface area contributed by atoms with Crippen LogP contribution < -0.4 is 0 Å². The van der Waals surface area contributed by atoms with E-state index in [0.717, 1.165) is 23.7 Å². The lowest BCUT2D eigenvalue weighted by atomic mass is 9.69. The van der Waals surface area contributed by atoms with Gasteiger partial charge in [-0.15, -0.1) is 0 Å². The maximum absolute atomic E-state index is 10.6. The molecular formula is C34H54F6N2O4. The molecule has 5 aliphatic heterocycles. The van der Waals surface area contributed by atoms with Crippen LogP contribution in [0.3, 0.4) is 0 Å². The normalized spacial score (nSPS) is 31.8. The second kappa shape index (κ2) is 21.0. The van der Waals surface area contributed by atoms with Crippen LogP contribution in [-0.2, 0) is 9.59 Å². The molecule has 46 heavy (non-hydrogen) atoms. The number of piperidine rings is 2. The summed E-state index contributed by atoms with van der Waals surface area (Å²) in [4.78, 5) is 23.6. The van der Waals surface area contributed by atoms with Crippen LogP contribution >= 0.6 is 0 Å². The van der Waals surface area contributed by atoms with Crippen molar-refractivity contribution in [3.8, 4) is 0 Å². The molecule has 0 aromatic heterocycles. The summed E-state index contributed by atoms with van der Waals surface area (Å²) < 4.78 is 63.5. The molecule has 0 aromatic rings. The lowest BCUT2D eigenvalue weighted by Gasteiger charge is -2.47. The molecule has 0 saturated carbocycles.